The number of nitrogens with one attached hydrogen (secondary N) is 1. The van der Waals surface area contributed by atoms with Gasteiger partial charge in [0.05, 0.1) is 6.54 Å². The standard InChI is InChI=1S/C19H20N2O3/c22-17-9-5-4-8-15(17)13-21-16(12-14-6-2-1-3-7-14)19(24)20-11-10-18(21)23/h1-9,16,22H,10-13H2,(H,20,24)/t16-/m0/s1. The van der Waals surface area contributed by atoms with E-state index >= 15 is 0 Å². The summed E-state index contributed by atoms with van der Waals surface area (Å²) in [6.07, 6.45) is 0.719. The Labute approximate surface area is 140 Å². The highest BCUT2D eigenvalue weighted by Crippen LogP contribution is 2.22. The van der Waals surface area contributed by atoms with Gasteiger partial charge in [-0.25, -0.2) is 0 Å². The summed E-state index contributed by atoms with van der Waals surface area (Å²) in [4.78, 5) is 26.6. The number of benzene rings is 2. The van der Waals surface area contributed by atoms with Crippen molar-refractivity contribution in [2.75, 3.05) is 6.54 Å². The number of phenolic OH excluding ortho intramolecular Hbond substituents is 1. The molecule has 1 fully saturated rings. The lowest BCUT2D eigenvalue weighted by atomic mass is 10.0. The topological polar surface area (TPSA) is 69.6 Å². The molecule has 1 atom stereocenters. The number of amides is 2. The highest BCUT2D eigenvalue weighted by molar-refractivity contribution is 5.90. The number of carbonyl (C=O) groups excluding carboxylic acids is 2. The maximum Gasteiger partial charge on any atom is 0.243 e. The third-order valence-corrected chi connectivity index (χ3v) is 4.24. The Morgan fingerprint density at radius 2 is 1.75 bits per heavy atom. The Hall–Kier alpha value is -2.82. The first-order valence-corrected chi connectivity index (χ1v) is 8.03. The normalized spacial score (nSPS) is 18.2. The minimum absolute atomic E-state index is 0.0856. The highest BCUT2D eigenvalue weighted by atomic mass is 16.3. The summed E-state index contributed by atoms with van der Waals surface area (Å²) in [5, 5.41) is 12.8. The first-order valence-electron chi connectivity index (χ1n) is 8.03. The maximum absolute atomic E-state index is 12.5. The Kier molecular flexibility index (Phi) is 4.79. The van der Waals surface area contributed by atoms with Crippen LogP contribution in [-0.2, 0) is 22.6 Å². The summed E-state index contributed by atoms with van der Waals surface area (Å²) < 4.78 is 0. The highest BCUT2D eigenvalue weighted by Gasteiger charge is 2.32. The quantitative estimate of drug-likeness (QED) is 0.902. The van der Waals surface area contributed by atoms with Crippen molar-refractivity contribution in [1.82, 2.24) is 10.2 Å². The van der Waals surface area contributed by atoms with Crippen molar-refractivity contribution in [3.8, 4) is 5.75 Å². The number of aromatic hydroxyl groups is 1. The monoisotopic (exact) mass is 324 g/mol. The third kappa shape index (κ3) is 3.56. The molecule has 0 aromatic heterocycles. The van der Waals surface area contributed by atoms with Gasteiger partial charge in [0.25, 0.3) is 0 Å². The summed E-state index contributed by atoms with van der Waals surface area (Å²) in [6.45, 7) is 0.566. The molecule has 0 bridgehead atoms. The van der Waals surface area contributed by atoms with Crippen LogP contribution in [0.25, 0.3) is 0 Å². The lowest BCUT2D eigenvalue weighted by Crippen LogP contribution is -2.47. The van der Waals surface area contributed by atoms with E-state index in [9.17, 15) is 14.7 Å². The van der Waals surface area contributed by atoms with Crippen LogP contribution in [0.5, 0.6) is 5.75 Å². The Morgan fingerprint density at radius 1 is 1.04 bits per heavy atom. The summed E-state index contributed by atoms with van der Waals surface area (Å²) >= 11 is 0. The summed E-state index contributed by atoms with van der Waals surface area (Å²) in [7, 11) is 0. The molecule has 0 spiro atoms. The molecule has 2 aromatic rings. The molecule has 2 amide bonds. The van der Waals surface area contributed by atoms with Crippen LogP contribution in [0.4, 0.5) is 0 Å². The second kappa shape index (κ2) is 7.17. The number of phenols is 1. The maximum atomic E-state index is 12.5. The average molecular weight is 324 g/mol. The molecule has 5 heteroatoms. The SMILES string of the molecule is O=C1NCCC(=O)N(Cc2ccccc2O)[C@H]1Cc1ccccc1. The lowest BCUT2D eigenvalue weighted by molar-refractivity contribution is -0.138. The summed E-state index contributed by atoms with van der Waals surface area (Å²) in [5.74, 6) is -0.105. The van der Waals surface area contributed by atoms with Crippen molar-refractivity contribution < 1.29 is 14.7 Å². The number of hydrogen-bond donors (Lipinski definition) is 2. The van der Waals surface area contributed by atoms with E-state index in [0.29, 0.717) is 18.5 Å². The predicted molar refractivity (Wildman–Crippen MR) is 90.2 cm³/mol. The predicted octanol–water partition coefficient (Wildman–Crippen LogP) is 1.85. The third-order valence-electron chi connectivity index (χ3n) is 4.24. The molecule has 1 aliphatic rings. The van der Waals surface area contributed by atoms with Crippen molar-refractivity contribution in [3.05, 3.63) is 65.7 Å². The fourth-order valence-electron chi connectivity index (χ4n) is 2.94. The Morgan fingerprint density at radius 3 is 2.50 bits per heavy atom. The van der Waals surface area contributed by atoms with Gasteiger partial charge in [-0.05, 0) is 11.6 Å². The van der Waals surface area contributed by atoms with Crippen molar-refractivity contribution >= 4 is 11.8 Å². The van der Waals surface area contributed by atoms with Gasteiger partial charge in [0.2, 0.25) is 11.8 Å². The van der Waals surface area contributed by atoms with E-state index in [0.717, 1.165) is 5.56 Å². The van der Waals surface area contributed by atoms with E-state index < -0.39 is 6.04 Å². The van der Waals surface area contributed by atoms with E-state index in [-0.39, 0.29) is 30.5 Å². The largest absolute Gasteiger partial charge is 0.508 e. The van der Waals surface area contributed by atoms with E-state index in [1.165, 1.54) is 0 Å². The minimum atomic E-state index is -0.581. The first-order chi connectivity index (χ1) is 11.6. The average Bonchev–Trinajstić information content (AvgIpc) is 2.71. The number of nitrogens with zero attached hydrogens (tertiary/aromatic N) is 1. The Balaban J connectivity index is 1.89. The van der Waals surface area contributed by atoms with Gasteiger partial charge in [-0.1, -0.05) is 48.5 Å². The number of para-hydroxylation sites is 1. The molecule has 24 heavy (non-hydrogen) atoms. The zero-order valence-electron chi connectivity index (χ0n) is 13.3. The van der Waals surface area contributed by atoms with Gasteiger partial charge in [-0.15, -0.1) is 0 Å². The van der Waals surface area contributed by atoms with Crippen LogP contribution in [0.1, 0.15) is 17.5 Å². The van der Waals surface area contributed by atoms with E-state index in [2.05, 4.69) is 5.32 Å². The molecule has 2 aromatic carbocycles. The Bertz CT molecular complexity index is 730. The lowest BCUT2D eigenvalue weighted by Gasteiger charge is -2.29. The molecule has 5 nitrogen and oxygen atoms in total. The number of carbonyl (C=O) groups is 2. The summed E-state index contributed by atoms with van der Waals surface area (Å²) in [5.41, 5.74) is 1.63. The van der Waals surface area contributed by atoms with Crippen LogP contribution in [0.3, 0.4) is 0 Å². The molecular formula is C19H20N2O3. The molecule has 0 saturated carbocycles. The second-order valence-electron chi connectivity index (χ2n) is 5.90. The molecule has 124 valence electrons. The van der Waals surface area contributed by atoms with Crippen molar-refractivity contribution in [2.45, 2.75) is 25.4 Å². The van der Waals surface area contributed by atoms with E-state index in [4.69, 9.17) is 0 Å². The molecule has 2 N–H and O–H groups in total. The van der Waals surface area contributed by atoms with Gasteiger partial charge in [-0.2, -0.15) is 0 Å². The van der Waals surface area contributed by atoms with Crippen LogP contribution in [0, 0.1) is 0 Å². The molecule has 3 rings (SSSR count). The molecule has 0 radical (unpaired) electrons. The van der Waals surface area contributed by atoms with Crippen LogP contribution in [0.15, 0.2) is 54.6 Å². The van der Waals surface area contributed by atoms with Crippen LogP contribution in [-0.4, -0.2) is 34.4 Å². The van der Waals surface area contributed by atoms with Crippen LogP contribution >= 0.6 is 0 Å². The minimum Gasteiger partial charge on any atom is -0.508 e. The smallest absolute Gasteiger partial charge is 0.243 e. The van der Waals surface area contributed by atoms with Crippen LogP contribution < -0.4 is 5.32 Å². The zero-order valence-corrected chi connectivity index (χ0v) is 13.3. The van der Waals surface area contributed by atoms with Crippen molar-refractivity contribution in [3.63, 3.8) is 0 Å². The molecule has 1 aliphatic heterocycles. The fourth-order valence-corrected chi connectivity index (χ4v) is 2.94. The van der Waals surface area contributed by atoms with Gasteiger partial charge in [0, 0.05) is 24.9 Å². The van der Waals surface area contributed by atoms with Gasteiger partial charge >= 0.3 is 0 Å². The van der Waals surface area contributed by atoms with E-state index in [1.54, 1.807) is 23.1 Å². The van der Waals surface area contributed by atoms with Gasteiger partial charge in [-0.3, -0.25) is 9.59 Å². The van der Waals surface area contributed by atoms with Gasteiger partial charge < -0.3 is 15.3 Å². The molecule has 1 heterocycles. The van der Waals surface area contributed by atoms with Crippen molar-refractivity contribution in [2.24, 2.45) is 0 Å². The molecule has 1 saturated heterocycles. The fraction of sp³-hybridized carbons (Fsp3) is 0.263. The first kappa shape index (κ1) is 16.1. The van der Waals surface area contributed by atoms with Gasteiger partial charge in [0.1, 0.15) is 11.8 Å². The number of rotatable bonds is 4. The zero-order chi connectivity index (χ0) is 16.9. The van der Waals surface area contributed by atoms with E-state index in [1.807, 2.05) is 36.4 Å². The molecule has 0 aliphatic carbocycles. The number of hydrogen-bond acceptors (Lipinski definition) is 3. The summed E-state index contributed by atoms with van der Waals surface area (Å²) in [6, 6.07) is 16.0. The molecule has 0 unspecified atom stereocenters. The van der Waals surface area contributed by atoms with Crippen molar-refractivity contribution in [1.29, 1.82) is 0 Å². The molecular weight excluding hydrogens is 304 g/mol. The van der Waals surface area contributed by atoms with Crippen LogP contribution in [0.2, 0.25) is 0 Å². The van der Waals surface area contributed by atoms with Gasteiger partial charge in [0.15, 0.2) is 0 Å². The second-order valence-corrected chi connectivity index (χ2v) is 5.90.